The summed E-state index contributed by atoms with van der Waals surface area (Å²) in [6, 6.07) is 13.3. The quantitative estimate of drug-likeness (QED) is 0.533. The third kappa shape index (κ3) is 5.69. The molecule has 0 bridgehead atoms. The van der Waals surface area contributed by atoms with Crippen LogP contribution in [0.15, 0.2) is 48.5 Å². The van der Waals surface area contributed by atoms with Crippen molar-refractivity contribution in [3.05, 3.63) is 76.9 Å². The van der Waals surface area contributed by atoms with Crippen molar-refractivity contribution in [2.45, 2.75) is 19.1 Å². The Kier molecular flexibility index (Phi) is 7.77. The number of halogens is 1. The first kappa shape index (κ1) is 22.5. The molecular formula is C22H24FN5O2S. The van der Waals surface area contributed by atoms with E-state index in [1.54, 1.807) is 46.8 Å². The van der Waals surface area contributed by atoms with Gasteiger partial charge >= 0.3 is 0 Å². The smallest absolute Gasteiger partial charge is 0.273 e. The summed E-state index contributed by atoms with van der Waals surface area (Å²) in [5.41, 5.74) is 2.99. The van der Waals surface area contributed by atoms with Crippen molar-refractivity contribution in [2.75, 3.05) is 19.3 Å². The summed E-state index contributed by atoms with van der Waals surface area (Å²) in [6.07, 6.45) is 2.44. The van der Waals surface area contributed by atoms with Gasteiger partial charge in [0.05, 0.1) is 11.4 Å². The standard InChI is InChI=1S/C22H24FN5O2S/c1-3-24-21(29)16-7-9-18(10-8-16)28-19(14-31-2)20(26-27-28)22(30)25-12-11-15-5-4-6-17(23)13-15/h4-10,13H,3,11-12,14H2,1-2H3,(H,24,29)(H,25,30). The molecule has 9 heteroatoms. The van der Waals surface area contributed by atoms with Crippen LogP contribution in [-0.4, -0.2) is 46.2 Å². The second kappa shape index (κ2) is 10.7. The van der Waals surface area contributed by atoms with Crippen molar-refractivity contribution in [1.29, 1.82) is 0 Å². The highest BCUT2D eigenvalue weighted by Crippen LogP contribution is 2.18. The Labute approximate surface area is 184 Å². The second-order valence-corrected chi connectivity index (χ2v) is 7.64. The van der Waals surface area contributed by atoms with Gasteiger partial charge in [0.15, 0.2) is 5.69 Å². The monoisotopic (exact) mass is 441 g/mol. The van der Waals surface area contributed by atoms with E-state index < -0.39 is 0 Å². The van der Waals surface area contributed by atoms with Gasteiger partial charge in [0, 0.05) is 24.4 Å². The Bertz CT molecular complexity index is 1050. The molecule has 7 nitrogen and oxygen atoms in total. The lowest BCUT2D eigenvalue weighted by atomic mass is 10.1. The average molecular weight is 442 g/mol. The number of rotatable bonds is 9. The van der Waals surface area contributed by atoms with Crippen LogP contribution in [0.25, 0.3) is 5.69 Å². The molecule has 1 aromatic heterocycles. The molecule has 3 rings (SSSR count). The molecule has 2 N–H and O–H groups in total. The molecule has 2 aromatic carbocycles. The molecule has 0 aliphatic carbocycles. The fourth-order valence-electron chi connectivity index (χ4n) is 3.06. The Morgan fingerprint density at radius 1 is 1.10 bits per heavy atom. The average Bonchev–Trinajstić information content (AvgIpc) is 3.18. The molecule has 0 radical (unpaired) electrons. The number of benzene rings is 2. The summed E-state index contributed by atoms with van der Waals surface area (Å²) < 4.78 is 14.9. The van der Waals surface area contributed by atoms with Gasteiger partial charge in [-0.05, 0) is 61.6 Å². The third-order valence-corrected chi connectivity index (χ3v) is 5.12. The van der Waals surface area contributed by atoms with Crippen molar-refractivity contribution in [3.63, 3.8) is 0 Å². The minimum atomic E-state index is -0.328. The number of amides is 2. The van der Waals surface area contributed by atoms with E-state index in [2.05, 4.69) is 20.9 Å². The van der Waals surface area contributed by atoms with E-state index in [9.17, 15) is 14.0 Å². The first-order valence-corrected chi connectivity index (χ1v) is 11.3. The zero-order valence-corrected chi connectivity index (χ0v) is 18.2. The summed E-state index contributed by atoms with van der Waals surface area (Å²) in [6.45, 7) is 2.77. The van der Waals surface area contributed by atoms with Crippen LogP contribution in [0.4, 0.5) is 4.39 Å². The number of hydrogen-bond donors (Lipinski definition) is 2. The van der Waals surface area contributed by atoms with Crippen LogP contribution in [0.1, 0.15) is 39.0 Å². The summed E-state index contributed by atoms with van der Waals surface area (Å²) in [5.74, 6) is -0.231. The largest absolute Gasteiger partial charge is 0.352 e. The van der Waals surface area contributed by atoms with Crippen molar-refractivity contribution < 1.29 is 14.0 Å². The van der Waals surface area contributed by atoms with Gasteiger partial charge in [0.2, 0.25) is 0 Å². The van der Waals surface area contributed by atoms with E-state index in [0.717, 1.165) is 5.56 Å². The molecule has 3 aromatic rings. The van der Waals surface area contributed by atoms with Gasteiger partial charge in [0.25, 0.3) is 11.8 Å². The maximum atomic E-state index is 13.3. The molecule has 0 aliphatic rings. The SMILES string of the molecule is CCNC(=O)c1ccc(-n2nnc(C(=O)NCCc3cccc(F)c3)c2CSC)cc1. The van der Waals surface area contributed by atoms with Crippen molar-refractivity contribution >= 4 is 23.6 Å². The summed E-state index contributed by atoms with van der Waals surface area (Å²) in [4.78, 5) is 24.6. The molecule has 162 valence electrons. The third-order valence-electron chi connectivity index (χ3n) is 4.56. The van der Waals surface area contributed by atoms with Crippen LogP contribution < -0.4 is 10.6 Å². The lowest BCUT2D eigenvalue weighted by Crippen LogP contribution is -2.27. The zero-order valence-electron chi connectivity index (χ0n) is 17.4. The highest BCUT2D eigenvalue weighted by molar-refractivity contribution is 7.97. The number of carbonyl (C=O) groups excluding carboxylic acids is 2. The van der Waals surface area contributed by atoms with Crippen molar-refractivity contribution in [1.82, 2.24) is 25.6 Å². The summed E-state index contributed by atoms with van der Waals surface area (Å²) >= 11 is 1.55. The van der Waals surface area contributed by atoms with Gasteiger partial charge in [-0.25, -0.2) is 9.07 Å². The Morgan fingerprint density at radius 3 is 2.55 bits per heavy atom. The molecule has 2 amide bonds. The van der Waals surface area contributed by atoms with Gasteiger partial charge in [-0.2, -0.15) is 11.8 Å². The van der Waals surface area contributed by atoms with Crippen LogP contribution in [0.2, 0.25) is 0 Å². The molecule has 0 saturated heterocycles. The van der Waals surface area contributed by atoms with Gasteiger partial charge in [-0.15, -0.1) is 5.10 Å². The van der Waals surface area contributed by atoms with E-state index in [1.165, 1.54) is 12.1 Å². The minimum Gasteiger partial charge on any atom is -0.352 e. The first-order chi connectivity index (χ1) is 15.0. The normalized spacial score (nSPS) is 10.7. The number of hydrogen-bond acceptors (Lipinski definition) is 5. The summed E-state index contributed by atoms with van der Waals surface area (Å²) in [5, 5.41) is 13.8. The van der Waals surface area contributed by atoms with Gasteiger partial charge in [-0.3, -0.25) is 9.59 Å². The van der Waals surface area contributed by atoms with E-state index in [4.69, 9.17) is 0 Å². The number of nitrogens with zero attached hydrogens (tertiary/aromatic N) is 3. The summed E-state index contributed by atoms with van der Waals surface area (Å²) in [7, 11) is 0. The van der Waals surface area contributed by atoms with Crippen LogP contribution in [0, 0.1) is 5.82 Å². The molecule has 0 spiro atoms. The Morgan fingerprint density at radius 2 is 1.87 bits per heavy atom. The maximum absolute atomic E-state index is 13.3. The molecule has 0 fully saturated rings. The van der Waals surface area contributed by atoms with Crippen LogP contribution in [0.5, 0.6) is 0 Å². The van der Waals surface area contributed by atoms with Gasteiger partial charge in [0.1, 0.15) is 5.82 Å². The number of aromatic nitrogens is 3. The highest BCUT2D eigenvalue weighted by Gasteiger charge is 2.20. The van der Waals surface area contributed by atoms with Crippen LogP contribution in [-0.2, 0) is 12.2 Å². The van der Waals surface area contributed by atoms with Crippen LogP contribution in [0.3, 0.4) is 0 Å². The molecular weight excluding hydrogens is 417 g/mol. The predicted octanol–water partition coefficient (Wildman–Crippen LogP) is 2.99. The number of nitrogens with one attached hydrogen (secondary N) is 2. The lowest BCUT2D eigenvalue weighted by molar-refractivity contribution is 0.0943. The fraction of sp³-hybridized carbons (Fsp3) is 0.273. The van der Waals surface area contributed by atoms with Crippen LogP contribution >= 0.6 is 11.8 Å². The fourth-order valence-corrected chi connectivity index (χ4v) is 3.60. The van der Waals surface area contributed by atoms with E-state index in [1.807, 2.05) is 19.2 Å². The molecule has 31 heavy (non-hydrogen) atoms. The second-order valence-electron chi connectivity index (χ2n) is 6.77. The maximum Gasteiger partial charge on any atom is 0.273 e. The van der Waals surface area contributed by atoms with E-state index in [0.29, 0.717) is 42.2 Å². The topological polar surface area (TPSA) is 88.9 Å². The minimum absolute atomic E-state index is 0.143. The molecule has 0 saturated carbocycles. The number of thioether (sulfide) groups is 1. The molecule has 1 heterocycles. The number of carbonyl (C=O) groups is 2. The molecule has 0 unspecified atom stereocenters. The van der Waals surface area contributed by atoms with E-state index in [-0.39, 0.29) is 23.3 Å². The zero-order chi connectivity index (χ0) is 22.2. The Balaban J connectivity index is 1.73. The molecule has 0 atom stereocenters. The van der Waals surface area contributed by atoms with Crippen molar-refractivity contribution in [3.8, 4) is 5.69 Å². The van der Waals surface area contributed by atoms with Crippen molar-refractivity contribution in [2.24, 2.45) is 0 Å². The predicted molar refractivity (Wildman–Crippen MR) is 119 cm³/mol. The molecule has 0 aliphatic heterocycles. The van der Waals surface area contributed by atoms with Gasteiger partial charge in [-0.1, -0.05) is 17.3 Å². The van der Waals surface area contributed by atoms with E-state index >= 15 is 0 Å². The Hall–Kier alpha value is -3.20. The first-order valence-electron chi connectivity index (χ1n) is 9.88. The van der Waals surface area contributed by atoms with Gasteiger partial charge < -0.3 is 10.6 Å². The lowest BCUT2D eigenvalue weighted by Gasteiger charge is -2.09. The highest BCUT2D eigenvalue weighted by atomic mass is 32.2.